The topological polar surface area (TPSA) is 100 Å². The molecule has 8 nitrogen and oxygen atoms in total. The van der Waals surface area contributed by atoms with Gasteiger partial charge in [0.05, 0.1) is 27.7 Å². The molecule has 1 aliphatic rings. The second-order valence-electron chi connectivity index (χ2n) is 6.75. The summed E-state index contributed by atoms with van der Waals surface area (Å²) in [7, 11) is -3.55. The van der Waals surface area contributed by atoms with Crippen molar-refractivity contribution in [2.75, 3.05) is 12.8 Å². The lowest BCUT2D eigenvalue weighted by molar-refractivity contribution is 0.237. The number of halogens is 1. The maximum atomic E-state index is 12.4. The van der Waals surface area contributed by atoms with Crippen LogP contribution in [0.2, 0.25) is 5.02 Å². The van der Waals surface area contributed by atoms with Gasteiger partial charge >= 0.3 is 0 Å². The van der Waals surface area contributed by atoms with Crippen molar-refractivity contribution in [2.24, 2.45) is 0 Å². The van der Waals surface area contributed by atoms with Crippen LogP contribution in [0.5, 0.6) is 0 Å². The van der Waals surface area contributed by atoms with Crippen LogP contribution in [0.1, 0.15) is 22.6 Å². The van der Waals surface area contributed by atoms with Gasteiger partial charge in [-0.25, -0.2) is 18.4 Å². The third-order valence-corrected chi connectivity index (χ3v) is 5.85. The van der Waals surface area contributed by atoms with Crippen molar-refractivity contribution in [1.29, 1.82) is 0 Å². The number of H-pyrrole nitrogens is 1. The number of aromatic amines is 1. The number of hydrogen-bond donors (Lipinski definition) is 1. The zero-order valence-electron chi connectivity index (χ0n) is 14.9. The average molecular weight is 408 g/mol. The van der Waals surface area contributed by atoms with Gasteiger partial charge in [-0.3, -0.25) is 14.7 Å². The molecule has 0 saturated carbocycles. The summed E-state index contributed by atoms with van der Waals surface area (Å²) in [6.45, 7) is 3.61. The van der Waals surface area contributed by atoms with Gasteiger partial charge in [-0.15, -0.1) is 0 Å². The summed E-state index contributed by atoms with van der Waals surface area (Å²) in [5.74, 6) is 0. The first-order chi connectivity index (χ1) is 12.7. The third-order valence-electron chi connectivity index (χ3n) is 4.73. The quantitative estimate of drug-likeness (QED) is 0.657. The number of nitrogens with one attached hydrogen (secondary N) is 1. The first-order valence-corrected chi connectivity index (χ1v) is 10.7. The average Bonchev–Trinajstić information content (AvgIpc) is 2.89. The lowest BCUT2D eigenvalue weighted by Gasteiger charge is -2.27. The lowest BCUT2D eigenvalue weighted by Crippen LogP contribution is -2.36. The van der Waals surface area contributed by atoms with E-state index in [4.69, 9.17) is 11.6 Å². The van der Waals surface area contributed by atoms with E-state index in [0.717, 1.165) is 23.3 Å². The highest BCUT2D eigenvalue weighted by Gasteiger charge is 2.24. The smallest absolute Gasteiger partial charge is 0.256 e. The molecule has 0 radical (unpaired) electrons. The van der Waals surface area contributed by atoms with Crippen LogP contribution < -0.4 is 5.56 Å². The molecular formula is C17H18ClN5O3S. The number of rotatable bonds is 3. The monoisotopic (exact) mass is 407 g/mol. The van der Waals surface area contributed by atoms with Crippen LogP contribution in [0.25, 0.3) is 5.65 Å². The van der Waals surface area contributed by atoms with Gasteiger partial charge in [-0.2, -0.15) is 0 Å². The molecule has 0 amide bonds. The Kier molecular flexibility index (Phi) is 4.32. The first-order valence-electron chi connectivity index (χ1n) is 8.40. The Labute approximate surface area is 160 Å². The van der Waals surface area contributed by atoms with Gasteiger partial charge in [0.25, 0.3) is 5.56 Å². The molecule has 4 heterocycles. The highest BCUT2D eigenvalue weighted by atomic mass is 35.5. The molecule has 3 aromatic heterocycles. The fourth-order valence-electron chi connectivity index (χ4n) is 3.36. The third kappa shape index (κ3) is 3.38. The standard InChI is InChI=1S/C17H18ClN5O3S/c1-10-14(23-7-11(18)3-4-15(23)19-10)9-22-6-5-13-12(8-22)16(24)21-17(20-13)27(2,25)26/h3-4,7H,5-6,8-9H2,1-2H3,(H,20,21,24). The van der Waals surface area contributed by atoms with Crippen LogP contribution in [0, 0.1) is 6.92 Å². The number of nitrogens with zero attached hydrogens (tertiary/aromatic N) is 4. The molecule has 0 spiro atoms. The van der Waals surface area contributed by atoms with Crippen LogP contribution in [0.15, 0.2) is 28.3 Å². The van der Waals surface area contributed by atoms with E-state index in [-0.39, 0.29) is 5.16 Å². The summed E-state index contributed by atoms with van der Waals surface area (Å²) in [6, 6.07) is 3.67. The highest BCUT2D eigenvalue weighted by Crippen LogP contribution is 2.21. The molecule has 0 aromatic carbocycles. The summed E-state index contributed by atoms with van der Waals surface area (Å²) >= 11 is 6.12. The summed E-state index contributed by atoms with van der Waals surface area (Å²) in [4.78, 5) is 25.6. The Morgan fingerprint density at radius 1 is 1.30 bits per heavy atom. The molecule has 0 fully saturated rings. The van der Waals surface area contributed by atoms with E-state index in [2.05, 4.69) is 19.9 Å². The second-order valence-corrected chi connectivity index (χ2v) is 9.12. The maximum Gasteiger partial charge on any atom is 0.256 e. The Hall–Kier alpha value is -2.23. The molecule has 27 heavy (non-hydrogen) atoms. The number of aromatic nitrogens is 4. The number of hydrogen-bond acceptors (Lipinski definition) is 6. The molecule has 0 saturated heterocycles. The molecule has 0 aliphatic carbocycles. The van der Waals surface area contributed by atoms with E-state index < -0.39 is 15.4 Å². The van der Waals surface area contributed by atoms with E-state index in [1.165, 1.54) is 0 Å². The van der Waals surface area contributed by atoms with Crippen LogP contribution >= 0.6 is 11.6 Å². The van der Waals surface area contributed by atoms with Crippen LogP contribution in [0.3, 0.4) is 0 Å². The Bertz CT molecular complexity index is 1220. The number of aryl methyl sites for hydroxylation is 1. The van der Waals surface area contributed by atoms with Gasteiger partial charge in [0.2, 0.25) is 15.0 Å². The maximum absolute atomic E-state index is 12.4. The van der Waals surface area contributed by atoms with Crippen LogP contribution in [-0.4, -0.2) is 45.5 Å². The van der Waals surface area contributed by atoms with Crippen molar-refractivity contribution in [3.8, 4) is 0 Å². The van der Waals surface area contributed by atoms with Crippen LogP contribution in [0.4, 0.5) is 0 Å². The van der Waals surface area contributed by atoms with Gasteiger partial charge in [0, 0.05) is 38.5 Å². The van der Waals surface area contributed by atoms with E-state index >= 15 is 0 Å². The molecule has 142 valence electrons. The number of fused-ring (bicyclic) bond motifs is 2. The Balaban J connectivity index is 1.66. The fraction of sp³-hybridized carbons (Fsp3) is 0.353. The minimum Gasteiger partial charge on any atom is -0.301 e. The zero-order chi connectivity index (χ0) is 19.3. The molecule has 0 atom stereocenters. The molecule has 1 N–H and O–H groups in total. The van der Waals surface area contributed by atoms with Crippen LogP contribution in [-0.2, 0) is 29.3 Å². The van der Waals surface area contributed by atoms with Crippen molar-refractivity contribution < 1.29 is 8.42 Å². The molecule has 0 unspecified atom stereocenters. The van der Waals surface area contributed by atoms with E-state index in [1.807, 2.05) is 23.6 Å². The predicted molar refractivity (Wildman–Crippen MR) is 101 cm³/mol. The van der Waals surface area contributed by atoms with E-state index in [9.17, 15) is 13.2 Å². The summed E-state index contributed by atoms with van der Waals surface area (Å²) < 4.78 is 25.3. The first kappa shape index (κ1) is 18.1. The molecule has 0 bridgehead atoms. The predicted octanol–water partition coefficient (Wildman–Crippen LogP) is 1.34. The van der Waals surface area contributed by atoms with Gasteiger partial charge in [-0.05, 0) is 19.1 Å². The second kappa shape index (κ2) is 6.43. The summed E-state index contributed by atoms with van der Waals surface area (Å²) in [5.41, 5.74) is 3.40. The minimum absolute atomic E-state index is 0.271. The zero-order valence-corrected chi connectivity index (χ0v) is 16.4. The normalized spacial score (nSPS) is 15.2. The van der Waals surface area contributed by atoms with E-state index in [0.29, 0.717) is 42.3 Å². The molecule has 10 heteroatoms. The molecular weight excluding hydrogens is 390 g/mol. The highest BCUT2D eigenvalue weighted by molar-refractivity contribution is 7.90. The van der Waals surface area contributed by atoms with Gasteiger partial charge in [0.1, 0.15) is 5.65 Å². The van der Waals surface area contributed by atoms with Gasteiger partial charge in [0.15, 0.2) is 0 Å². The lowest BCUT2D eigenvalue weighted by atomic mass is 10.1. The number of imidazole rings is 1. The summed E-state index contributed by atoms with van der Waals surface area (Å²) in [5, 5.41) is 0.353. The van der Waals surface area contributed by atoms with Crippen molar-refractivity contribution in [3.63, 3.8) is 0 Å². The number of pyridine rings is 1. The van der Waals surface area contributed by atoms with Crippen molar-refractivity contribution >= 4 is 27.1 Å². The molecule has 4 rings (SSSR count). The van der Waals surface area contributed by atoms with Crippen molar-refractivity contribution in [3.05, 3.63) is 56.4 Å². The summed E-state index contributed by atoms with van der Waals surface area (Å²) in [6.07, 6.45) is 3.38. The largest absolute Gasteiger partial charge is 0.301 e. The SMILES string of the molecule is Cc1nc2ccc(Cl)cn2c1CN1CCc2nc(S(C)(=O)=O)[nH]c(=O)c2C1. The van der Waals surface area contributed by atoms with Gasteiger partial charge < -0.3 is 4.40 Å². The Morgan fingerprint density at radius 2 is 2.07 bits per heavy atom. The minimum atomic E-state index is -3.55. The van der Waals surface area contributed by atoms with Crippen molar-refractivity contribution in [1.82, 2.24) is 24.3 Å². The Morgan fingerprint density at radius 3 is 2.81 bits per heavy atom. The fourth-order valence-corrected chi connectivity index (χ4v) is 4.07. The molecule has 1 aliphatic heterocycles. The van der Waals surface area contributed by atoms with Crippen molar-refractivity contribution in [2.45, 2.75) is 31.6 Å². The number of sulfone groups is 1. The molecule has 3 aromatic rings. The van der Waals surface area contributed by atoms with Gasteiger partial charge in [-0.1, -0.05) is 11.6 Å². The van der Waals surface area contributed by atoms with E-state index in [1.54, 1.807) is 6.07 Å².